The van der Waals surface area contributed by atoms with Crippen molar-refractivity contribution >= 4 is 45.2 Å². The van der Waals surface area contributed by atoms with Crippen molar-refractivity contribution in [1.82, 2.24) is 14.1 Å². The molecule has 0 aliphatic carbocycles. The summed E-state index contributed by atoms with van der Waals surface area (Å²) in [5.74, 6) is -1.16. The van der Waals surface area contributed by atoms with E-state index in [1.54, 1.807) is 0 Å². The molecule has 0 saturated carbocycles. The van der Waals surface area contributed by atoms with Crippen molar-refractivity contribution in [2.75, 3.05) is 51.8 Å². The number of morpholine rings is 1. The maximum Gasteiger partial charge on any atom is 0.327 e. The molecule has 2 heterocycles. The van der Waals surface area contributed by atoms with Gasteiger partial charge in [-0.3, -0.25) is 14.5 Å². The zero-order valence-corrected chi connectivity index (χ0v) is 16.6. The van der Waals surface area contributed by atoms with Crippen LogP contribution in [-0.2, 0) is 24.3 Å². The number of amides is 4. The number of carbonyl (C=O) groups excluding carboxylic acids is 3. The lowest BCUT2D eigenvalue weighted by molar-refractivity contribution is -0.129. The van der Waals surface area contributed by atoms with Gasteiger partial charge in [-0.1, -0.05) is 11.6 Å². The Balaban J connectivity index is 1.75. The molecular formula is C16H19ClN4O6S. The molecule has 1 aromatic rings. The molecule has 0 spiro atoms. The summed E-state index contributed by atoms with van der Waals surface area (Å²) in [7, 11) is -2.31. The summed E-state index contributed by atoms with van der Waals surface area (Å²) >= 11 is 6.07. The van der Waals surface area contributed by atoms with Gasteiger partial charge < -0.3 is 15.0 Å². The van der Waals surface area contributed by atoms with Crippen LogP contribution >= 0.6 is 11.6 Å². The van der Waals surface area contributed by atoms with E-state index in [1.165, 1.54) is 34.5 Å². The highest BCUT2D eigenvalue weighted by Gasteiger charge is 2.35. The standard InChI is InChI=1S/C16H19ClN4O6S/c1-19-10-15(23)21(16(19)24)9-14(22)18-13-8-11(2-3-12(13)17)28(25,26)20-4-6-27-7-5-20/h2-3,8H,4-7,9-10H2,1H3,(H,18,22). The second kappa shape index (κ2) is 8.03. The Morgan fingerprint density at radius 3 is 2.54 bits per heavy atom. The third-order valence-corrected chi connectivity index (χ3v) is 6.58. The van der Waals surface area contributed by atoms with Gasteiger partial charge in [0.15, 0.2) is 0 Å². The van der Waals surface area contributed by atoms with Crippen molar-refractivity contribution in [1.29, 1.82) is 0 Å². The Morgan fingerprint density at radius 2 is 1.93 bits per heavy atom. The fourth-order valence-corrected chi connectivity index (χ4v) is 4.45. The largest absolute Gasteiger partial charge is 0.379 e. The summed E-state index contributed by atoms with van der Waals surface area (Å²) in [6.07, 6.45) is 0. The monoisotopic (exact) mass is 430 g/mol. The summed E-state index contributed by atoms with van der Waals surface area (Å²) in [5, 5.41) is 2.60. The number of nitrogens with one attached hydrogen (secondary N) is 1. The number of anilines is 1. The fourth-order valence-electron chi connectivity index (χ4n) is 2.85. The molecule has 2 aliphatic rings. The molecule has 0 atom stereocenters. The number of urea groups is 1. The predicted octanol–water partition coefficient (Wildman–Crippen LogP) is 0.193. The number of halogens is 1. The summed E-state index contributed by atoms with van der Waals surface area (Å²) in [5.41, 5.74) is 0.0773. The molecule has 0 radical (unpaired) electrons. The molecule has 1 N–H and O–H groups in total. The third kappa shape index (κ3) is 4.12. The molecule has 12 heteroatoms. The number of hydrogen-bond acceptors (Lipinski definition) is 6. The Bertz CT molecular complexity index is 916. The van der Waals surface area contributed by atoms with Gasteiger partial charge in [0.2, 0.25) is 15.9 Å². The molecule has 4 amide bonds. The van der Waals surface area contributed by atoms with E-state index in [1.807, 2.05) is 0 Å². The van der Waals surface area contributed by atoms with Gasteiger partial charge in [-0.15, -0.1) is 0 Å². The lowest BCUT2D eigenvalue weighted by Gasteiger charge is -2.26. The molecule has 2 fully saturated rings. The number of imide groups is 1. The Labute approximate surface area is 167 Å². The number of benzene rings is 1. The molecule has 28 heavy (non-hydrogen) atoms. The van der Waals surface area contributed by atoms with Gasteiger partial charge in [0.05, 0.1) is 28.8 Å². The molecule has 3 rings (SSSR count). The fraction of sp³-hybridized carbons (Fsp3) is 0.438. The van der Waals surface area contributed by atoms with Crippen molar-refractivity contribution in [2.45, 2.75) is 4.90 Å². The van der Waals surface area contributed by atoms with E-state index < -0.39 is 34.4 Å². The van der Waals surface area contributed by atoms with E-state index in [-0.39, 0.29) is 35.2 Å². The van der Waals surface area contributed by atoms with Crippen LogP contribution in [0.15, 0.2) is 23.1 Å². The number of rotatable bonds is 5. The van der Waals surface area contributed by atoms with Gasteiger partial charge in [0.25, 0.3) is 5.91 Å². The molecule has 152 valence electrons. The summed E-state index contributed by atoms with van der Waals surface area (Å²) in [6.45, 7) is 0.503. The summed E-state index contributed by atoms with van der Waals surface area (Å²) in [6, 6.07) is 3.40. The molecule has 0 bridgehead atoms. The van der Waals surface area contributed by atoms with Gasteiger partial charge in [0.1, 0.15) is 13.1 Å². The first kappa shape index (κ1) is 20.5. The molecule has 1 aromatic carbocycles. The average molecular weight is 431 g/mol. The maximum atomic E-state index is 12.7. The van der Waals surface area contributed by atoms with Crippen LogP contribution in [0.4, 0.5) is 10.5 Å². The minimum Gasteiger partial charge on any atom is -0.379 e. The number of likely N-dealkylation sites (N-methyl/N-ethyl adjacent to an activating group) is 1. The molecule has 0 aromatic heterocycles. The zero-order chi connectivity index (χ0) is 20.5. The second-order valence-electron chi connectivity index (χ2n) is 6.32. The van der Waals surface area contributed by atoms with Crippen LogP contribution in [0.25, 0.3) is 0 Å². The number of ether oxygens (including phenoxy) is 1. The smallest absolute Gasteiger partial charge is 0.327 e. The number of sulfonamides is 1. The van der Waals surface area contributed by atoms with Gasteiger partial charge in [-0.25, -0.2) is 13.2 Å². The predicted molar refractivity (Wildman–Crippen MR) is 99.4 cm³/mol. The third-order valence-electron chi connectivity index (χ3n) is 4.35. The van der Waals surface area contributed by atoms with Gasteiger partial charge in [-0.05, 0) is 18.2 Å². The van der Waals surface area contributed by atoms with Crippen molar-refractivity contribution < 1.29 is 27.5 Å². The quantitative estimate of drug-likeness (QED) is 0.667. The lowest BCUT2D eigenvalue weighted by atomic mass is 10.3. The summed E-state index contributed by atoms with van der Waals surface area (Å²) in [4.78, 5) is 37.9. The molecule has 10 nitrogen and oxygen atoms in total. The topological polar surface area (TPSA) is 116 Å². The van der Waals surface area contributed by atoms with Crippen molar-refractivity contribution in [3.63, 3.8) is 0 Å². The highest BCUT2D eigenvalue weighted by atomic mass is 35.5. The van der Waals surface area contributed by atoms with Crippen LogP contribution in [0.2, 0.25) is 5.02 Å². The number of nitrogens with zero attached hydrogens (tertiary/aromatic N) is 3. The van der Waals surface area contributed by atoms with Gasteiger partial charge >= 0.3 is 6.03 Å². The van der Waals surface area contributed by atoms with Gasteiger partial charge in [0, 0.05) is 20.1 Å². The van der Waals surface area contributed by atoms with Crippen LogP contribution in [0.1, 0.15) is 0 Å². The zero-order valence-electron chi connectivity index (χ0n) is 15.1. The summed E-state index contributed by atoms with van der Waals surface area (Å²) < 4.78 is 32.0. The van der Waals surface area contributed by atoms with E-state index in [2.05, 4.69) is 5.32 Å². The molecule has 0 unspecified atom stereocenters. The first-order valence-electron chi connectivity index (χ1n) is 8.43. The Morgan fingerprint density at radius 1 is 1.25 bits per heavy atom. The molecule has 2 aliphatic heterocycles. The minimum absolute atomic E-state index is 0.0258. The second-order valence-corrected chi connectivity index (χ2v) is 8.67. The van der Waals surface area contributed by atoms with Crippen LogP contribution < -0.4 is 5.32 Å². The average Bonchev–Trinajstić information content (AvgIpc) is 2.90. The highest BCUT2D eigenvalue weighted by Crippen LogP contribution is 2.27. The Kier molecular flexibility index (Phi) is 5.89. The van der Waals surface area contributed by atoms with E-state index >= 15 is 0 Å². The maximum absolute atomic E-state index is 12.7. The first-order chi connectivity index (χ1) is 13.2. The van der Waals surface area contributed by atoms with Crippen molar-refractivity contribution in [3.8, 4) is 0 Å². The van der Waals surface area contributed by atoms with Crippen LogP contribution in [0, 0.1) is 0 Å². The van der Waals surface area contributed by atoms with E-state index in [9.17, 15) is 22.8 Å². The lowest BCUT2D eigenvalue weighted by Crippen LogP contribution is -2.40. The minimum atomic E-state index is -3.77. The first-order valence-corrected chi connectivity index (χ1v) is 10.2. The molecule has 2 saturated heterocycles. The van der Waals surface area contributed by atoms with Gasteiger partial charge in [-0.2, -0.15) is 4.31 Å². The Hall–Kier alpha value is -2.21. The normalized spacial score (nSPS) is 18.6. The van der Waals surface area contributed by atoms with E-state index in [0.717, 1.165) is 4.90 Å². The number of carbonyl (C=O) groups is 3. The molecular weight excluding hydrogens is 412 g/mol. The van der Waals surface area contributed by atoms with Crippen LogP contribution in [0.3, 0.4) is 0 Å². The highest BCUT2D eigenvalue weighted by molar-refractivity contribution is 7.89. The van der Waals surface area contributed by atoms with E-state index in [0.29, 0.717) is 13.2 Å². The SMILES string of the molecule is CN1CC(=O)N(CC(=O)Nc2cc(S(=O)(=O)N3CCOCC3)ccc2Cl)C1=O. The van der Waals surface area contributed by atoms with Crippen molar-refractivity contribution in [2.24, 2.45) is 0 Å². The van der Waals surface area contributed by atoms with E-state index in [4.69, 9.17) is 16.3 Å². The van der Waals surface area contributed by atoms with Crippen molar-refractivity contribution in [3.05, 3.63) is 23.2 Å². The number of hydrogen-bond donors (Lipinski definition) is 1. The van der Waals surface area contributed by atoms with Crippen LogP contribution in [-0.4, -0.2) is 86.8 Å². The van der Waals surface area contributed by atoms with Crippen LogP contribution in [0.5, 0.6) is 0 Å².